The second-order valence-electron chi connectivity index (χ2n) is 4.07. The van der Waals surface area contributed by atoms with Gasteiger partial charge in [0.2, 0.25) is 0 Å². The summed E-state index contributed by atoms with van der Waals surface area (Å²) in [5, 5.41) is 9.20. The lowest BCUT2D eigenvalue weighted by Gasteiger charge is -2.29. The van der Waals surface area contributed by atoms with Crippen LogP contribution in [0.5, 0.6) is 0 Å². The molecule has 0 saturated heterocycles. The summed E-state index contributed by atoms with van der Waals surface area (Å²) in [6.07, 6.45) is 1.61. The molecule has 3 nitrogen and oxygen atoms in total. The van der Waals surface area contributed by atoms with E-state index in [0.717, 1.165) is 12.1 Å². The maximum Gasteiger partial charge on any atom is 0.326 e. The summed E-state index contributed by atoms with van der Waals surface area (Å²) < 4.78 is 0. The zero-order chi connectivity index (χ0) is 12.8. The number of anilines is 1. The minimum absolute atomic E-state index is 0.438. The number of benzene rings is 1. The molecular formula is C14H21NO2. The molecule has 0 fully saturated rings. The molecule has 0 spiro atoms. The minimum Gasteiger partial charge on any atom is -0.480 e. The predicted octanol–water partition coefficient (Wildman–Crippen LogP) is 2.94. The molecule has 0 aromatic heterocycles. The number of likely N-dealkylation sites (N-methyl/N-ethyl adjacent to an activating group) is 1. The Labute approximate surface area is 103 Å². The van der Waals surface area contributed by atoms with Crippen LogP contribution in [-0.4, -0.2) is 23.7 Å². The van der Waals surface area contributed by atoms with Gasteiger partial charge in [0, 0.05) is 12.2 Å². The molecular weight excluding hydrogens is 214 g/mol. The Bertz CT molecular complexity index is 359. The molecule has 1 atom stereocenters. The molecule has 1 N–H and O–H groups in total. The van der Waals surface area contributed by atoms with Gasteiger partial charge in [0.1, 0.15) is 6.04 Å². The standard InChI is InChI=1S/C14H21NO2/c1-4-11-7-9-12(10-8-11)15(6-3)13(5-2)14(16)17/h7-10,13H,4-6H2,1-3H3,(H,16,17)/t13-/m1/s1. The van der Waals surface area contributed by atoms with Crippen molar-refractivity contribution in [3.63, 3.8) is 0 Å². The fraction of sp³-hybridized carbons (Fsp3) is 0.500. The number of carbonyl (C=O) groups is 1. The average molecular weight is 235 g/mol. The van der Waals surface area contributed by atoms with Crippen molar-refractivity contribution in [1.29, 1.82) is 0 Å². The quantitative estimate of drug-likeness (QED) is 0.824. The predicted molar refractivity (Wildman–Crippen MR) is 70.6 cm³/mol. The topological polar surface area (TPSA) is 40.5 Å². The van der Waals surface area contributed by atoms with Gasteiger partial charge in [-0.25, -0.2) is 4.79 Å². The van der Waals surface area contributed by atoms with Gasteiger partial charge in [-0.3, -0.25) is 0 Å². The van der Waals surface area contributed by atoms with Crippen LogP contribution in [0.3, 0.4) is 0 Å². The molecule has 0 saturated carbocycles. The number of aliphatic carboxylic acids is 1. The number of hydrogen-bond acceptors (Lipinski definition) is 2. The van der Waals surface area contributed by atoms with E-state index in [1.165, 1.54) is 5.56 Å². The smallest absolute Gasteiger partial charge is 0.326 e. The van der Waals surface area contributed by atoms with Crippen molar-refractivity contribution in [2.24, 2.45) is 0 Å². The van der Waals surface area contributed by atoms with Gasteiger partial charge in [0.25, 0.3) is 0 Å². The lowest BCUT2D eigenvalue weighted by molar-refractivity contribution is -0.138. The summed E-state index contributed by atoms with van der Waals surface area (Å²) in [6.45, 7) is 6.70. The number of hydrogen-bond donors (Lipinski definition) is 1. The zero-order valence-corrected chi connectivity index (χ0v) is 10.8. The molecule has 0 unspecified atom stereocenters. The lowest BCUT2D eigenvalue weighted by atomic mass is 10.1. The molecule has 17 heavy (non-hydrogen) atoms. The lowest BCUT2D eigenvalue weighted by Crippen LogP contribution is -2.40. The van der Waals surface area contributed by atoms with Gasteiger partial charge < -0.3 is 10.0 Å². The van der Waals surface area contributed by atoms with Crippen LogP contribution in [0.15, 0.2) is 24.3 Å². The summed E-state index contributed by atoms with van der Waals surface area (Å²) in [5.74, 6) is -0.756. The third kappa shape index (κ3) is 3.22. The van der Waals surface area contributed by atoms with Crippen molar-refractivity contribution >= 4 is 11.7 Å². The highest BCUT2D eigenvalue weighted by Crippen LogP contribution is 2.19. The van der Waals surface area contributed by atoms with Crippen molar-refractivity contribution in [2.75, 3.05) is 11.4 Å². The van der Waals surface area contributed by atoms with Gasteiger partial charge in [0.05, 0.1) is 0 Å². The van der Waals surface area contributed by atoms with E-state index in [0.29, 0.717) is 13.0 Å². The summed E-state index contributed by atoms with van der Waals surface area (Å²) in [5.41, 5.74) is 2.26. The number of nitrogens with zero attached hydrogens (tertiary/aromatic N) is 1. The normalized spacial score (nSPS) is 12.2. The van der Waals surface area contributed by atoms with E-state index in [1.807, 2.05) is 30.9 Å². The average Bonchev–Trinajstić information content (AvgIpc) is 2.35. The summed E-state index contributed by atoms with van der Waals surface area (Å²) in [4.78, 5) is 13.1. The first-order valence-corrected chi connectivity index (χ1v) is 6.22. The maximum absolute atomic E-state index is 11.2. The van der Waals surface area contributed by atoms with Crippen molar-refractivity contribution in [2.45, 2.75) is 39.7 Å². The van der Waals surface area contributed by atoms with E-state index in [-0.39, 0.29) is 0 Å². The Morgan fingerprint density at radius 2 is 1.82 bits per heavy atom. The van der Waals surface area contributed by atoms with Gasteiger partial charge in [-0.1, -0.05) is 26.0 Å². The number of aryl methyl sites for hydroxylation is 1. The molecule has 1 aromatic rings. The Balaban J connectivity index is 2.95. The molecule has 0 radical (unpaired) electrons. The first kappa shape index (κ1) is 13.6. The molecule has 0 aliphatic heterocycles. The third-order valence-corrected chi connectivity index (χ3v) is 3.06. The van der Waals surface area contributed by atoms with E-state index in [4.69, 9.17) is 0 Å². The van der Waals surface area contributed by atoms with Gasteiger partial charge in [-0.15, -0.1) is 0 Å². The van der Waals surface area contributed by atoms with E-state index in [2.05, 4.69) is 19.1 Å². The monoisotopic (exact) mass is 235 g/mol. The Morgan fingerprint density at radius 1 is 1.24 bits per heavy atom. The highest BCUT2D eigenvalue weighted by atomic mass is 16.4. The van der Waals surface area contributed by atoms with Crippen LogP contribution in [0.4, 0.5) is 5.69 Å². The molecule has 1 rings (SSSR count). The summed E-state index contributed by atoms with van der Waals surface area (Å²) in [7, 11) is 0. The molecule has 3 heteroatoms. The first-order valence-electron chi connectivity index (χ1n) is 6.22. The highest BCUT2D eigenvalue weighted by molar-refractivity contribution is 5.78. The summed E-state index contributed by atoms with van der Waals surface area (Å²) in [6, 6.07) is 7.70. The van der Waals surface area contributed by atoms with Crippen molar-refractivity contribution in [1.82, 2.24) is 0 Å². The molecule has 0 bridgehead atoms. The Hall–Kier alpha value is -1.51. The zero-order valence-electron chi connectivity index (χ0n) is 10.8. The Morgan fingerprint density at radius 3 is 2.18 bits per heavy atom. The van der Waals surface area contributed by atoms with Crippen LogP contribution in [0.25, 0.3) is 0 Å². The van der Waals surface area contributed by atoms with Gasteiger partial charge in [-0.2, -0.15) is 0 Å². The van der Waals surface area contributed by atoms with Crippen LogP contribution in [0, 0.1) is 0 Å². The molecule has 0 aliphatic carbocycles. The number of carboxylic acid groups (broad SMARTS) is 1. The van der Waals surface area contributed by atoms with E-state index < -0.39 is 12.0 Å². The van der Waals surface area contributed by atoms with E-state index in [9.17, 15) is 9.90 Å². The Kier molecular flexibility index (Phi) is 5.01. The van der Waals surface area contributed by atoms with E-state index in [1.54, 1.807) is 0 Å². The number of carboxylic acids is 1. The second-order valence-corrected chi connectivity index (χ2v) is 4.07. The first-order chi connectivity index (χ1) is 8.13. The fourth-order valence-corrected chi connectivity index (χ4v) is 2.03. The van der Waals surface area contributed by atoms with E-state index >= 15 is 0 Å². The summed E-state index contributed by atoms with van der Waals surface area (Å²) >= 11 is 0. The molecule has 0 aliphatic rings. The van der Waals surface area contributed by atoms with Crippen LogP contribution in [0.1, 0.15) is 32.8 Å². The van der Waals surface area contributed by atoms with Crippen LogP contribution in [0.2, 0.25) is 0 Å². The van der Waals surface area contributed by atoms with Crippen molar-refractivity contribution < 1.29 is 9.90 Å². The molecule has 0 amide bonds. The van der Waals surface area contributed by atoms with Gasteiger partial charge in [-0.05, 0) is 37.5 Å². The van der Waals surface area contributed by atoms with Crippen LogP contribution < -0.4 is 4.90 Å². The number of rotatable bonds is 6. The van der Waals surface area contributed by atoms with Gasteiger partial charge >= 0.3 is 5.97 Å². The highest BCUT2D eigenvalue weighted by Gasteiger charge is 2.22. The van der Waals surface area contributed by atoms with Crippen LogP contribution in [-0.2, 0) is 11.2 Å². The molecule has 1 aromatic carbocycles. The van der Waals surface area contributed by atoms with Crippen molar-refractivity contribution in [3.8, 4) is 0 Å². The SMILES string of the molecule is CCc1ccc(N(CC)[C@H](CC)C(=O)O)cc1. The maximum atomic E-state index is 11.2. The van der Waals surface area contributed by atoms with Gasteiger partial charge in [0.15, 0.2) is 0 Å². The van der Waals surface area contributed by atoms with Crippen LogP contribution >= 0.6 is 0 Å². The molecule has 0 heterocycles. The van der Waals surface area contributed by atoms with Crippen molar-refractivity contribution in [3.05, 3.63) is 29.8 Å². The molecule has 94 valence electrons. The fourth-order valence-electron chi connectivity index (χ4n) is 2.03. The minimum atomic E-state index is -0.756. The third-order valence-electron chi connectivity index (χ3n) is 3.06. The second kappa shape index (κ2) is 6.28. The largest absolute Gasteiger partial charge is 0.480 e.